The summed E-state index contributed by atoms with van der Waals surface area (Å²) >= 11 is 0. The van der Waals surface area contributed by atoms with E-state index in [2.05, 4.69) is 17.6 Å². The van der Waals surface area contributed by atoms with Crippen LogP contribution in [0.4, 0.5) is 4.79 Å². The number of hydrogen-bond donors (Lipinski definition) is 3. The van der Waals surface area contributed by atoms with Gasteiger partial charge in [0.1, 0.15) is 23.4 Å². The van der Waals surface area contributed by atoms with Crippen molar-refractivity contribution in [1.29, 1.82) is 0 Å². The Labute approximate surface area is 217 Å². The average Bonchev–Trinajstić information content (AvgIpc) is 2.76. The molecule has 36 heavy (non-hydrogen) atoms. The van der Waals surface area contributed by atoms with Gasteiger partial charge in [0.25, 0.3) is 0 Å². The number of phenols is 1. The molecule has 0 spiro atoms. The lowest BCUT2D eigenvalue weighted by atomic mass is 9.90. The van der Waals surface area contributed by atoms with Crippen molar-refractivity contribution in [2.45, 2.75) is 111 Å². The van der Waals surface area contributed by atoms with Crippen LogP contribution >= 0.6 is 0 Å². The van der Waals surface area contributed by atoms with Crippen molar-refractivity contribution in [3.05, 3.63) is 29.8 Å². The number of carbonyl (C=O) groups is 3. The second-order valence-electron chi connectivity index (χ2n) is 11.2. The second-order valence-corrected chi connectivity index (χ2v) is 11.2. The number of phenolic OH excluding ortho intramolecular Hbond substituents is 1. The molecule has 0 aliphatic rings. The van der Waals surface area contributed by atoms with Crippen molar-refractivity contribution in [2.24, 2.45) is 5.92 Å². The van der Waals surface area contributed by atoms with Crippen molar-refractivity contribution in [2.75, 3.05) is 6.54 Å². The van der Waals surface area contributed by atoms with Crippen molar-refractivity contribution in [1.82, 2.24) is 15.5 Å². The van der Waals surface area contributed by atoms with Gasteiger partial charge in [0.15, 0.2) is 0 Å². The molecule has 0 heterocycles. The number of amides is 3. The highest BCUT2D eigenvalue weighted by Crippen LogP contribution is 2.34. The summed E-state index contributed by atoms with van der Waals surface area (Å²) in [6, 6.07) is 4.50. The predicted octanol–water partition coefficient (Wildman–Crippen LogP) is 5.31. The topological polar surface area (TPSA) is 108 Å². The van der Waals surface area contributed by atoms with Gasteiger partial charge in [-0.2, -0.15) is 0 Å². The molecule has 0 bridgehead atoms. The van der Waals surface area contributed by atoms with Gasteiger partial charge in [-0.25, -0.2) is 4.79 Å². The first-order valence-corrected chi connectivity index (χ1v) is 13.0. The second kappa shape index (κ2) is 13.5. The highest BCUT2D eigenvalue weighted by Gasteiger charge is 2.43. The molecule has 3 amide bonds. The molecule has 1 aromatic carbocycles. The third-order valence-electron chi connectivity index (χ3n) is 6.13. The molecule has 3 N–H and O–H groups in total. The van der Waals surface area contributed by atoms with Crippen LogP contribution in [0.2, 0.25) is 0 Å². The van der Waals surface area contributed by atoms with E-state index in [1.807, 2.05) is 34.6 Å². The third-order valence-corrected chi connectivity index (χ3v) is 6.13. The molecule has 0 aromatic heterocycles. The Kier molecular flexibility index (Phi) is 11.7. The summed E-state index contributed by atoms with van der Waals surface area (Å²) in [6.45, 7) is 17.3. The molecule has 0 radical (unpaired) electrons. The number of ether oxygens (including phenoxy) is 1. The number of benzene rings is 1. The van der Waals surface area contributed by atoms with E-state index in [1.165, 1.54) is 12.1 Å². The molecule has 2 atom stereocenters. The van der Waals surface area contributed by atoms with Crippen LogP contribution in [0.25, 0.3) is 0 Å². The Morgan fingerprint density at radius 2 is 1.69 bits per heavy atom. The van der Waals surface area contributed by atoms with Gasteiger partial charge >= 0.3 is 6.09 Å². The molecule has 0 saturated carbocycles. The molecular formula is C28H47N3O5. The van der Waals surface area contributed by atoms with Gasteiger partial charge in [0.2, 0.25) is 11.8 Å². The smallest absolute Gasteiger partial charge is 0.408 e. The zero-order valence-corrected chi connectivity index (χ0v) is 23.6. The first-order valence-electron chi connectivity index (χ1n) is 13.0. The first-order chi connectivity index (χ1) is 16.6. The minimum absolute atomic E-state index is 0.00489. The molecular weight excluding hydrogens is 458 g/mol. The van der Waals surface area contributed by atoms with E-state index in [1.54, 1.807) is 37.8 Å². The quantitative estimate of drug-likeness (QED) is 0.334. The molecule has 0 aliphatic carbocycles. The molecule has 0 saturated heterocycles. The fourth-order valence-electron chi connectivity index (χ4n) is 3.84. The number of rotatable bonds is 12. The maximum atomic E-state index is 14.2. The van der Waals surface area contributed by atoms with Gasteiger partial charge in [-0.05, 0) is 71.1 Å². The van der Waals surface area contributed by atoms with Gasteiger partial charge in [0.05, 0.1) is 0 Å². The number of nitrogens with zero attached hydrogens (tertiary/aromatic N) is 1. The van der Waals surface area contributed by atoms with Crippen molar-refractivity contribution in [3.8, 4) is 5.75 Å². The maximum Gasteiger partial charge on any atom is 0.408 e. The lowest BCUT2D eigenvalue weighted by molar-refractivity contribution is -0.150. The Balaban J connectivity index is 3.54. The summed E-state index contributed by atoms with van der Waals surface area (Å²) in [5.74, 6) is -0.978. The van der Waals surface area contributed by atoms with Crippen LogP contribution in [0.3, 0.4) is 0 Å². The van der Waals surface area contributed by atoms with Crippen LogP contribution in [-0.4, -0.2) is 51.6 Å². The zero-order valence-electron chi connectivity index (χ0n) is 23.6. The Morgan fingerprint density at radius 3 is 2.19 bits per heavy atom. The van der Waals surface area contributed by atoms with E-state index in [4.69, 9.17) is 4.74 Å². The minimum atomic E-state index is -0.997. The molecule has 8 nitrogen and oxygen atoms in total. The average molecular weight is 506 g/mol. The molecule has 204 valence electrons. The van der Waals surface area contributed by atoms with E-state index in [0.717, 1.165) is 19.3 Å². The van der Waals surface area contributed by atoms with E-state index in [0.29, 0.717) is 18.5 Å². The van der Waals surface area contributed by atoms with Crippen molar-refractivity contribution < 1.29 is 24.2 Å². The summed E-state index contributed by atoms with van der Waals surface area (Å²) < 4.78 is 5.41. The lowest BCUT2D eigenvalue weighted by Crippen LogP contribution is -2.60. The highest BCUT2D eigenvalue weighted by atomic mass is 16.6. The Morgan fingerprint density at radius 1 is 1.06 bits per heavy atom. The molecule has 0 aliphatic heterocycles. The standard InChI is InChI=1S/C28H47N3O5/c1-10-12-13-17-29-24(33)23(20-15-14-16-21(32)18-20)31(28(8,9)11-2)25(34)22(19(3)4)30-26(35)36-27(5,6)7/h14-16,18-19,22-23,32H,10-13,17H2,1-9H3,(H,29,33)(H,30,35). The van der Waals surface area contributed by atoms with Crippen LogP contribution in [0.5, 0.6) is 5.75 Å². The maximum absolute atomic E-state index is 14.2. The Hall–Kier alpha value is -2.77. The monoisotopic (exact) mass is 505 g/mol. The minimum Gasteiger partial charge on any atom is -0.508 e. The lowest BCUT2D eigenvalue weighted by Gasteiger charge is -2.45. The van der Waals surface area contributed by atoms with Gasteiger partial charge in [-0.15, -0.1) is 0 Å². The van der Waals surface area contributed by atoms with Crippen LogP contribution in [0.1, 0.15) is 99.6 Å². The van der Waals surface area contributed by atoms with E-state index in [9.17, 15) is 19.5 Å². The number of carbonyl (C=O) groups excluding carboxylic acids is 3. The number of alkyl carbamates (subject to hydrolysis) is 1. The van der Waals surface area contributed by atoms with E-state index >= 15 is 0 Å². The highest BCUT2D eigenvalue weighted by molar-refractivity contribution is 5.92. The summed E-state index contributed by atoms with van der Waals surface area (Å²) in [7, 11) is 0. The van der Waals surface area contributed by atoms with Crippen LogP contribution in [0.15, 0.2) is 24.3 Å². The predicted molar refractivity (Wildman–Crippen MR) is 143 cm³/mol. The molecule has 1 aromatic rings. The van der Waals surface area contributed by atoms with Gasteiger partial charge < -0.3 is 25.4 Å². The molecule has 0 fully saturated rings. The van der Waals surface area contributed by atoms with Crippen LogP contribution < -0.4 is 10.6 Å². The summed E-state index contributed by atoms with van der Waals surface area (Å²) in [4.78, 5) is 42.0. The largest absolute Gasteiger partial charge is 0.508 e. The Bertz CT molecular complexity index is 876. The third kappa shape index (κ3) is 9.36. The van der Waals surface area contributed by atoms with Gasteiger partial charge in [-0.3, -0.25) is 9.59 Å². The zero-order chi connectivity index (χ0) is 27.7. The molecule has 8 heteroatoms. The van der Waals surface area contributed by atoms with E-state index < -0.39 is 29.3 Å². The number of unbranched alkanes of at least 4 members (excludes halogenated alkanes) is 2. The van der Waals surface area contributed by atoms with E-state index in [-0.39, 0.29) is 23.5 Å². The first kappa shape index (κ1) is 31.3. The fourth-order valence-corrected chi connectivity index (χ4v) is 3.84. The van der Waals surface area contributed by atoms with Crippen LogP contribution in [0, 0.1) is 5.92 Å². The molecule has 2 unspecified atom stereocenters. The number of hydrogen-bond acceptors (Lipinski definition) is 5. The number of aromatic hydroxyl groups is 1. The van der Waals surface area contributed by atoms with Crippen molar-refractivity contribution >= 4 is 17.9 Å². The number of nitrogens with one attached hydrogen (secondary N) is 2. The summed E-state index contributed by atoms with van der Waals surface area (Å²) in [5.41, 5.74) is -0.964. The van der Waals surface area contributed by atoms with Gasteiger partial charge in [-0.1, -0.05) is 52.7 Å². The molecule has 1 rings (SSSR count). The van der Waals surface area contributed by atoms with Gasteiger partial charge in [0, 0.05) is 12.1 Å². The van der Waals surface area contributed by atoms with Crippen LogP contribution in [-0.2, 0) is 14.3 Å². The SMILES string of the molecule is CCCCCNC(=O)C(c1cccc(O)c1)N(C(=O)C(NC(=O)OC(C)(C)C)C(C)C)C(C)(C)CC. The van der Waals surface area contributed by atoms with Crippen molar-refractivity contribution in [3.63, 3.8) is 0 Å². The summed E-state index contributed by atoms with van der Waals surface area (Å²) in [6.07, 6.45) is 2.70. The normalized spacial score (nSPS) is 13.6. The fraction of sp³-hybridized carbons (Fsp3) is 0.679. The summed E-state index contributed by atoms with van der Waals surface area (Å²) in [5, 5.41) is 15.9.